The Hall–Kier alpha value is -1.97. The number of hydrogen-bond acceptors (Lipinski definition) is 4. The molecule has 0 aliphatic rings. The van der Waals surface area contributed by atoms with Crippen molar-refractivity contribution in [3.05, 3.63) is 41.3 Å². The van der Waals surface area contributed by atoms with E-state index >= 15 is 0 Å². The van der Waals surface area contributed by atoms with Crippen LogP contribution in [0.15, 0.2) is 28.8 Å². The third-order valence-corrected chi connectivity index (χ3v) is 2.82. The highest BCUT2D eigenvalue weighted by molar-refractivity contribution is 5.56. The van der Waals surface area contributed by atoms with Crippen LogP contribution in [0.3, 0.4) is 0 Å². The van der Waals surface area contributed by atoms with Gasteiger partial charge in [-0.05, 0) is 32.9 Å². The number of hydrogen-bond donors (Lipinski definition) is 1. The molecule has 4 heteroatoms. The van der Waals surface area contributed by atoms with E-state index in [1.807, 2.05) is 45.0 Å². The quantitative estimate of drug-likeness (QED) is 0.879. The Morgan fingerprint density at radius 3 is 2.72 bits per heavy atom. The molecule has 0 aliphatic carbocycles. The number of ether oxygens (including phenoxy) is 1. The van der Waals surface area contributed by atoms with E-state index in [0.29, 0.717) is 13.2 Å². The molecule has 96 valence electrons. The Morgan fingerprint density at radius 2 is 2.06 bits per heavy atom. The van der Waals surface area contributed by atoms with E-state index < -0.39 is 0 Å². The highest BCUT2D eigenvalue weighted by Crippen LogP contribution is 2.25. The molecule has 0 aliphatic heterocycles. The number of benzene rings is 1. The average molecular weight is 246 g/mol. The van der Waals surface area contributed by atoms with Crippen molar-refractivity contribution < 1.29 is 9.26 Å². The highest BCUT2D eigenvalue weighted by atomic mass is 16.5. The van der Waals surface area contributed by atoms with Crippen molar-refractivity contribution in [1.29, 1.82) is 0 Å². The molecule has 0 amide bonds. The average Bonchev–Trinajstić information content (AvgIpc) is 2.69. The lowest BCUT2D eigenvalue weighted by molar-refractivity contribution is 0.341. The summed E-state index contributed by atoms with van der Waals surface area (Å²) in [4.78, 5) is 0. The lowest BCUT2D eigenvalue weighted by Gasteiger charge is -2.11. The summed E-state index contributed by atoms with van der Waals surface area (Å²) in [7, 11) is 0. The predicted molar refractivity (Wildman–Crippen MR) is 70.9 cm³/mol. The molecular formula is C14H18N2O2. The second-order valence-corrected chi connectivity index (χ2v) is 4.09. The normalized spacial score (nSPS) is 10.4. The monoisotopic (exact) mass is 246 g/mol. The minimum atomic E-state index is 0.657. The van der Waals surface area contributed by atoms with Gasteiger partial charge in [-0.15, -0.1) is 0 Å². The molecule has 0 unspecified atom stereocenters. The number of nitrogens with zero attached hydrogens (tertiary/aromatic N) is 1. The van der Waals surface area contributed by atoms with Gasteiger partial charge in [0.05, 0.1) is 18.0 Å². The summed E-state index contributed by atoms with van der Waals surface area (Å²) < 4.78 is 10.7. The summed E-state index contributed by atoms with van der Waals surface area (Å²) in [5.74, 6) is 1.72. The van der Waals surface area contributed by atoms with Crippen LogP contribution in [-0.2, 0) is 6.54 Å². The van der Waals surface area contributed by atoms with Crippen molar-refractivity contribution in [2.45, 2.75) is 27.3 Å². The first-order valence-corrected chi connectivity index (χ1v) is 6.09. The third kappa shape index (κ3) is 2.64. The van der Waals surface area contributed by atoms with Crippen molar-refractivity contribution in [2.24, 2.45) is 0 Å². The van der Waals surface area contributed by atoms with Gasteiger partial charge in [-0.25, -0.2) is 0 Å². The molecule has 0 spiro atoms. The summed E-state index contributed by atoms with van der Waals surface area (Å²) >= 11 is 0. The van der Waals surface area contributed by atoms with Crippen molar-refractivity contribution in [2.75, 3.05) is 11.9 Å². The summed E-state index contributed by atoms with van der Waals surface area (Å²) in [5, 5.41) is 7.30. The maximum Gasteiger partial charge on any atom is 0.142 e. The number of aromatic nitrogens is 1. The molecule has 0 radical (unpaired) electrons. The second-order valence-electron chi connectivity index (χ2n) is 4.09. The Bertz CT molecular complexity index is 501. The number of nitrogens with one attached hydrogen (secondary N) is 1. The molecule has 1 heterocycles. The molecule has 0 atom stereocenters. The van der Waals surface area contributed by atoms with Gasteiger partial charge >= 0.3 is 0 Å². The molecule has 18 heavy (non-hydrogen) atoms. The first-order chi connectivity index (χ1) is 8.72. The summed E-state index contributed by atoms with van der Waals surface area (Å²) in [6.07, 6.45) is 0. The SMILES string of the molecule is CCOc1ccccc1NCc1c(C)noc1C. The maximum absolute atomic E-state index is 5.57. The molecule has 4 nitrogen and oxygen atoms in total. The number of para-hydroxylation sites is 2. The third-order valence-electron chi connectivity index (χ3n) is 2.82. The summed E-state index contributed by atoms with van der Waals surface area (Å²) in [6, 6.07) is 7.91. The number of anilines is 1. The molecule has 1 aromatic carbocycles. The van der Waals surface area contributed by atoms with E-state index in [1.54, 1.807) is 0 Å². The topological polar surface area (TPSA) is 47.3 Å². The van der Waals surface area contributed by atoms with E-state index in [4.69, 9.17) is 9.26 Å². The van der Waals surface area contributed by atoms with Gasteiger partial charge in [0.1, 0.15) is 11.5 Å². The number of rotatable bonds is 5. The molecule has 1 N–H and O–H groups in total. The smallest absolute Gasteiger partial charge is 0.142 e. The highest BCUT2D eigenvalue weighted by Gasteiger charge is 2.09. The fraction of sp³-hybridized carbons (Fsp3) is 0.357. The van der Waals surface area contributed by atoms with Crippen molar-refractivity contribution in [3.63, 3.8) is 0 Å². The van der Waals surface area contributed by atoms with Gasteiger partial charge in [-0.1, -0.05) is 17.3 Å². The first-order valence-electron chi connectivity index (χ1n) is 6.09. The van der Waals surface area contributed by atoms with Gasteiger partial charge in [0.25, 0.3) is 0 Å². The lowest BCUT2D eigenvalue weighted by Crippen LogP contribution is -2.03. The molecule has 0 saturated heterocycles. The lowest BCUT2D eigenvalue weighted by atomic mass is 10.2. The standard InChI is InChI=1S/C14H18N2O2/c1-4-17-14-8-6-5-7-13(14)15-9-12-10(2)16-18-11(12)3/h5-8,15H,4,9H2,1-3H3. The van der Waals surface area contributed by atoms with Gasteiger partial charge in [-0.3, -0.25) is 0 Å². The summed E-state index contributed by atoms with van der Waals surface area (Å²) in [5.41, 5.74) is 3.01. The predicted octanol–water partition coefficient (Wildman–Crippen LogP) is 3.30. The van der Waals surface area contributed by atoms with E-state index in [2.05, 4.69) is 10.5 Å². The van der Waals surface area contributed by atoms with Crippen molar-refractivity contribution >= 4 is 5.69 Å². The second kappa shape index (κ2) is 5.58. The molecule has 2 aromatic rings. The van der Waals surface area contributed by atoms with E-state index in [9.17, 15) is 0 Å². The van der Waals surface area contributed by atoms with Crippen LogP contribution in [0.1, 0.15) is 23.9 Å². The Morgan fingerprint density at radius 1 is 1.28 bits per heavy atom. The Kier molecular flexibility index (Phi) is 3.87. The van der Waals surface area contributed by atoms with E-state index in [0.717, 1.165) is 28.5 Å². The van der Waals surface area contributed by atoms with Crippen LogP contribution in [-0.4, -0.2) is 11.8 Å². The Balaban J connectivity index is 2.11. The minimum absolute atomic E-state index is 0.657. The van der Waals surface area contributed by atoms with Crippen LogP contribution in [0.25, 0.3) is 0 Å². The molecule has 1 aromatic heterocycles. The van der Waals surface area contributed by atoms with Crippen molar-refractivity contribution in [3.8, 4) is 5.75 Å². The molecule has 0 saturated carbocycles. The zero-order valence-corrected chi connectivity index (χ0v) is 11.0. The maximum atomic E-state index is 5.57. The Labute approximate surface area is 107 Å². The van der Waals surface area contributed by atoms with Crippen LogP contribution in [0.4, 0.5) is 5.69 Å². The van der Waals surface area contributed by atoms with Crippen LogP contribution < -0.4 is 10.1 Å². The summed E-state index contributed by atoms with van der Waals surface area (Å²) in [6.45, 7) is 7.19. The van der Waals surface area contributed by atoms with E-state index in [1.165, 1.54) is 0 Å². The van der Waals surface area contributed by atoms with Crippen LogP contribution in [0, 0.1) is 13.8 Å². The largest absolute Gasteiger partial charge is 0.492 e. The zero-order valence-electron chi connectivity index (χ0n) is 11.0. The van der Waals surface area contributed by atoms with Crippen LogP contribution in [0.5, 0.6) is 5.75 Å². The molecule has 0 bridgehead atoms. The molecular weight excluding hydrogens is 228 g/mol. The van der Waals surface area contributed by atoms with Crippen LogP contribution in [0.2, 0.25) is 0 Å². The van der Waals surface area contributed by atoms with Gasteiger partial charge in [0.15, 0.2) is 0 Å². The molecule has 2 rings (SSSR count). The minimum Gasteiger partial charge on any atom is -0.492 e. The van der Waals surface area contributed by atoms with Crippen molar-refractivity contribution in [1.82, 2.24) is 5.16 Å². The van der Waals surface area contributed by atoms with E-state index in [-0.39, 0.29) is 0 Å². The fourth-order valence-electron chi connectivity index (χ4n) is 1.83. The van der Waals surface area contributed by atoms with Gasteiger partial charge in [0, 0.05) is 12.1 Å². The number of aryl methyl sites for hydroxylation is 2. The first kappa shape index (κ1) is 12.5. The zero-order chi connectivity index (χ0) is 13.0. The van der Waals surface area contributed by atoms with Gasteiger partial charge in [-0.2, -0.15) is 0 Å². The molecule has 0 fully saturated rings. The van der Waals surface area contributed by atoms with Gasteiger partial charge in [0.2, 0.25) is 0 Å². The fourth-order valence-corrected chi connectivity index (χ4v) is 1.83. The van der Waals surface area contributed by atoms with Crippen LogP contribution >= 0.6 is 0 Å². The van der Waals surface area contributed by atoms with Gasteiger partial charge < -0.3 is 14.6 Å².